The highest BCUT2D eigenvalue weighted by atomic mass is 35.5. The van der Waals surface area contributed by atoms with E-state index in [0.29, 0.717) is 23.8 Å². The van der Waals surface area contributed by atoms with Gasteiger partial charge in [0.15, 0.2) is 0 Å². The third-order valence-corrected chi connectivity index (χ3v) is 6.28. The fourth-order valence-corrected chi connectivity index (χ4v) is 4.21. The van der Waals surface area contributed by atoms with Gasteiger partial charge in [0, 0.05) is 11.1 Å². The zero-order valence-electron chi connectivity index (χ0n) is 16.1. The van der Waals surface area contributed by atoms with Crippen molar-refractivity contribution in [2.45, 2.75) is 44.3 Å². The van der Waals surface area contributed by atoms with Crippen molar-refractivity contribution in [3.8, 4) is 10.4 Å². The fourth-order valence-electron chi connectivity index (χ4n) is 2.60. The summed E-state index contributed by atoms with van der Waals surface area (Å²) in [5, 5.41) is 16.9. The lowest BCUT2D eigenvalue weighted by Gasteiger charge is -2.33. The molecule has 0 aliphatic carbocycles. The number of aromatic nitrogens is 1. The second kappa shape index (κ2) is 9.72. The van der Waals surface area contributed by atoms with Crippen LogP contribution < -0.4 is 0 Å². The van der Waals surface area contributed by atoms with Crippen molar-refractivity contribution < 1.29 is 46.1 Å². The lowest BCUT2D eigenvalue weighted by Crippen LogP contribution is -2.54. The normalized spacial score (nSPS) is 12.8. The van der Waals surface area contributed by atoms with Crippen LogP contribution in [0.15, 0.2) is 12.1 Å². The van der Waals surface area contributed by atoms with E-state index in [2.05, 4.69) is 4.98 Å². The molecule has 0 atom stereocenters. The van der Waals surface area contributed by atoms with Crippen molar-refractivity contribution >= 4 is 40.5 Å². The third-order valence-electron chi connectivity index (χ3n) is 4.29. The Bertz CT molecular complexity index is 979. The minimum absolute atomic E-state index is 0.0176. The van der Waals surface area contributed by atoms with Crippen LogP contribution >= 0.6 is 34.5 Å². The first kappa shape index (κ1) is 26.7. The summed E-state index contributed by atoms with van der Waals surface area (Å²) >= 11 is 12.3. The number of esters is 1. The molecular formula is C18H15Cl2F6NO4S. The Hall–Kier alpha value is -1.60. The number of benzene rings is 1. The summed E-state index contributed by atoms with van der Waals surface area (Å²) in [7, 11) is 0. The SMILES string of the molecule is CCCCOC(=O)c1nc(CO)c(-c2ccc(C(O)(C(F)(F)F)C(F)(F)F)c(Cl)c2Cl)s1. The first-order valence-electron chi connectivity index (χ1n) is 8.83. The highest BCUT2D eigenvalue weighted by Crippen LogP contribution is 2.53. The van der Waals surface area contributed by atoms with Crippen LogP contribution in [0, 0.1) is 0 Å². The molecule has 14 heteroatoms. The van der Waals surface area contributed by atoms with Crippen molar-refractivity contribution in [1.29, 1.82) is 0 Å². The molecule has 0 unspecified atom stereocenters. The molecule has 1 aromatic heterocycles. The first-order chi connectivity index (χ1) is 14.7. The van der Waals surface area contributed by atoms with Crippen LogP contribution in [0.4, 0.5) is 26.3 Å². The molecule has 0 bridgehead atoms. The van der Waals surface area contributed by atoms with E-state index in [-0.39, 0.29) is 27.7 Å². The molecule has 0 amide bonds. The standard InChI is InChI=1S/C18H15Cl2F6NO4S/c1-2-3-6-31-15(29)14-27-10(7-28)13(32-14)8-4-5-9(12(20)11(8)19)16(30,17(21,22)23)18(24,25)26/h4-5,28,30H,2-3,6-7H2,1H3. The molecule has 0 fully saturated rings. The van der Waals surface area contributed by atoms with Crippen molar-refractivity contribution in [1.82, 2.24) is 4.98 Å². The number of hydrogen-bond donors (Lipinski definition) is 2. The maximum atomic E-state index is 13.2. The number of halogens is 8. The number of carbonyl (C=O) groups excluding carboxylic acids is 1. The molecule has 0 spiro atoms. The van der Waals surface area contributed by atoms with Crippen LogP contribution in [0.3, 0.4) is 0 Å². The first-order valence-corrected chi connectivity index (χ1v) is 10.4. The van der Waals surface area contributed by atoms with Gasteiger partial charge in [-0.3, -0.25) is 0 Å². The van der Waals surface area contributed by atoms with E-state index in [1.165, 1.54) is 0 Å². The van der Waals surface area contributed by atoms with Crippen molar-refractivity contribution in [2.24, 2.45) is 0 Å². The molecule has 2 N–H and O–H groups in total. The number of ether oxygens (including phenoxy) is 1. The lowest BCUT2D eigenvalue weighted by atomic mass is 9.91. The molecular weight excluding hydrogens is 511 g/mol. The van der Waals surface area contributed by atoms with Gasteiger partial charge in [-0.25, -0.2) is 9.78 Å². The molecule has 1 heterocycles. The van der Waals surface area contributed by atoms with Crippen molar-refractivity contribution in [3.05, 3.63) is 38.4 Å². The number of alkyl halides is 6. The lowest BCUT2D eigenvalue weighted by molar-refractivity contribution is -0.376. The third kappa shape index (κ3) is 4.84. The van der Waals surface area contributed by atoms with Crippen LogP contribution in [-0.2, 0) is 16.9 Å². The fraction of sp³-hybridized carbons (Fsp3) is 0.444. The minimum atomic E-state index is -6.16. The monoisotopic (exact) mass is 525 g/mol. The van der Waals surface area contributed by atoms with Gasteiger partial charge in [-0.05, 0) is 6.42 Å². The molecule has 2 aromatic rings. The highest BCUT2D eigenvalue weighted by molar-refractivity contribution is 7.17. The van der Waals surface area contributed by atoms with Gasteiger partial charge in [-0.1, -0.05) is 48.7 Å². The highest BCUT2D eigenvalue weighted by Gasteiger charge is 2.72. The van der Waals surface area contributed by atoms with E-state index in [1.807, 2.05) is 6.92 Å². The summed E-state index contributed by atoms with van der Waals surface area (Å²) in [6.07, 6.45) is -11.0. The zero-order valence-corrected chi connectivity index (χ0v) is 18.4. The van der Waals surface area contributed by atoms with E-state index < -0.39 is 46.1 Å². The molecule has 1 aromatic carbocycles. The summed E-state index contributed by atoms with van der Waals surface area (Å²) in [5.74, 6) is -0.827. The Kier molecular flexibility index (Phi) is 8.09. The van der Waals surface area contributed by atoms with E-state index >= 15 is 0 Å². The molecule has 0 radical (unpaired) electrons. The topological polar surface area (TPSA) is 79.7 Å². The van der Waals surface area contributed by atoms with E-state index in [1.54, 1.807) is 0 Å². The number of nitrogens with zero attached hydrogens (tertiary/aromatic N) is 1. The summed E-state index contributed by atoms with van der Waals surface area (Å²) in [6.45, 7) is 1.25. The largest absolute Gasteiger partial charge is 0.460 e. The van der Waals surface area contributed by atoms with E-state index in [9.17, 15) is 41.4 Å². The van der Waals surface area contributed by atoms with Crippen LogP contribution in [0.25, 0.3) is 10.4 Å². The number of aliphatic hydroxyl groups is 2. The minimum Gasteiger partial charge on any atom is -0.460 e. The van der Waals surface area contributed by atoms with Gasteiger partial charge in [0.1, 0.15) is 0 Å². The molecule has 5 nitrogen and oxygen atoms in total. The predicted octanol–water partition coefficient (Wildman–Crippen LogP) is 5.88. The van der Waals surface area contributed by atoms with Crippen LogP contribution in [0.5, 0.6) is 0 Å². The average molecular weight is 526 g/mol. The quantitative estimate of drug-likeness (QED) is 0.268. The van der Waals surface area contributed by atoms with Gasteiger partial charge < -0.3 is 14.9 Å². The number of hydrogen-bond acceptors (Lipinski definition) is 6. The summed E-state index contributed by atoms with van der Waals surface area (Å²) in [6, 6.07) is 1.08. The number of carbonyl (C=O) groups is 1. The number of unbranched alkanes of at least 4 members (excludes halogenated alkanes) is 1. The number of thiazole rings is 1. The van der Waals surface area contributed by atoms with Gasteiger partial charge in [0.2, 0.25) is 5.01 Å². The average Bonchev–Trinajstić information content (AvgIpc) is 3.12. The van der Waals surface area contributed by atoms with Gasteiger partial charge in [-0.2, -0.15) is 26.3 Å². The predicted molar refractivity (Wildman–Crippen MR) is 105 cm³/mol. The Morgan fingerprint density at radius 2 is 1.72 bits per heavy atom. The smallest absolute Gasteiger partial charge is 0.430 e. The molecule has 0 saturated carbocycles. The molecule has 0 aliphatic heterocycles. The maximum Gasteiger partial charge on any atom is 0.430 e. The van der Waals surface area contributed by atoms with Crippen LogP contribution in [-0.4, -0.2) is 40.1 Å². The van der Waals surface area contributed by atoms with Crippen molar-refractivity contribution in [3.63, 3.8) is 0 Å². The molecule has 0 saturated heterocycles. The van der Waals surface area contributed by atoms with Gasteiger partial charge >= 0.3 is 18.3 Å². The number of aliphatic hydroxyl groups excluding tert-OH is 1. The molecule has 0 aliphatic rings. The second-order valence-corrected chi connectivity index (χ2v) is 8.19. The zero-order chi connectivity index (χ0) is 24.5. The Morgan fingerprint density at radius 1 is 1.12 bits per heavy atom. The summed E-state index contributed by atoms with van der Waals surface area (Å²) in [5.41, 5.74) is -7.31. The Morgan fingerprint density at radius 3 is 2.22 bits per heavy atom. The van der Waals surface area contributed by atoms with E-state index in [0.717, 1.165) is 12.5 Å². The maximum absolute atomic E-state index is 13.2. The Balaban J connectivity index is 2.59. The Labute approximate surface area is 191 Å². The van der Waals surface area contributed by atoms with Crippen molar-refractivity contribution in [2.75, 3.05) is 6.61 Å². The summed E-state index contributed by atoms with van der Waals surface area (Å²) in [4.78, 5) is 16.0. The molecule has 2 rings (SSSR count). The van der Waals surface area contributed by atoms with E-state index in [4.69, 9.17) is 27.9 Å². The molecule has 178 valence electrons. The summed E-state index contributed by atoms with van der Waals surface area (Å²) < 4.78 is 84.2. The molecule has 32 heavy (non-hydrogen) atoms. The van der Waals surface area contributed by atoms with Gasteiger partial charge in [-0.15, -0.1) is 11.3 Å². The van der Waals surface area contributed by atoms with Gasteiger partial charge in [0.25, 0.3) is 5.60 Å². The van der Waals surface area contributed by atoms with Gasteiger partial charge in [0.05, 0.1) is 33.8 Å². The van der Waals surface area contributed by atoms with Crippen LogP contribution in [0.1, 0.15) is 40.8 Å². The second-order valence-electron chi connectivity index (χ2n) is 6.44. The van der Waals surface area contributed by atoms with Crippen LogP contribution in [0.2, 0.25) is 10.0 Å². The number of rotatable bonds is 7.